The second kappa shape index (κ2) is 11.1. The van der Waals surface area contributed by atoms with Crippen molar-refractivity contribution in [2.24, 2.45) is 4.99 Å². The maximum absolute atomic E-state index is 12.6. The summed E-state index contributed by atoms with van der Waals surface area (Å²) in [4.78, 5) is 29.3. The average Bonchev–Trinajstić information content (AvgIpc) is 3.56. The van der Waals surface area contributed by atoms with Crippen molar-refractivity contribution in [2.75, 3.05) is 5.32 Å². The first-order chi connectivity index (χ1) is 20.1. The summed E-state index contributed by atoms with van der Waals surface area (Å²) in [6.07, 6.45) is 12.9. The van der Waals surface area contributed by atoms with Crippen molar-refractivity contribution < 1.29 is 4.79 Å². The molecule has 0 atom stereocenters. The number of nitrogens with zero attached hydrogens (tertiary/aromatic N) is 4. The molecular formula is C32H26N8O. The summed E-state index contributed by atoms with van der Waals surface area (Å²) < 4.78 is 0. The molecule has 5 heterocycles. The lowest BCUT2D eigenvalue weighted by atomic mass is 10.0. The summed E-state index contributed by atoms with van der Waals surface area (Å²) in [5, 5.41) is 13.9. The Kier molecular flexibility index (Phi) is 6.90. The van der Waals surface area contributed by atoms with Crippen molar-refractivity contribution in [3.8, 4) is 11.4 Å². The number of hydrogen-bond acceptors (Lipinski definition) is 6. The minimum Gasteiger partial charge on any atom is -0.348 e. The van der Waals surface area contributed by atoms with Crippen molar-refractivity contribution in [1.29, 1.82) is 0 Å². The van der Waals surface area contributed by atoms with E-state index in [1.807, 2.05) is 73.9 Å². The molecule has 1 aliphatic heterocycles. The molecule has 6 rings (SSSR count). The third-order valence-electron chi connectivity index (χ3n) is 6.57. The van der Waals surface area contributed by atoms with Crippen LogP contribution < -0.4 is 10.6 Å². The van der Waals surface area contributed by atoms with Crippen LogP contribution in [0.4, 0.5) is 5.82 Å². The molecule has 0 spiro atoms. The van der Waals surface area contributed by atoms with Gasteiger partial charge in [-0.3, -0.25) is 19.9 Å². The zero-order valence-electron chi connectivity index (χ0n) is 22.2. The average molecular weight is 539 g/mol. The molecule has 5 aromatic rings. The van der Waals surface area contributed by atoms with Gasteiger partial charge < -0.3 is 15.6 Å². The van der Waals surface area contributed by atoms with Crippen LogP contribution in [0.2, 0.25) is 0 Å². The van der Waals surface area contributed by atoms with Crippen molar-refractivity contribution in [3.63, 3.8) is 0 Å². The molecule has 0 radical (unpaired) electrons. The van der Waals surface area contributed by atoms with Gasteiger partial charge in [-0.1, -0.05) is 30.3 Å². The first kappa shape index (κ1) is 25.4. The standard InChI is InChI=1S/C32H26N8O/c1-20(36-32(41)21-8-4-3-5-9-21)16-23(18-33-2)26-12-13-27-29(37-26)30(40-39-27)28-17-25-24(22-10-6-14-34-19-22)11-7-15-35-31(25)38-28/h3-19,35,38H,2H2,1H3,(H,36,41)(H,39,40)/b20-16+,23-18+. The van der Waals surface area contributed by atoms with Gasteiger partial charge in [0.15, 0.2) is 0 Å². The van der Waals surface area contributed by atoms with Gasteiger partial charge in [0.25, 0.3) is 5.91 Å². The molecule has 0 aliphatic carbocycles. The van der Waals surface area contributed by atoms with Crippen molar-refractivity contribution in [1.82, 2.24) is 30.5 Å². The molecular weight excluding hydrogens is 512 g/mol. The number of rotatable bonds is 7. The Hall–Kier alpha value is -5.83. The number of carbonyl (C=O) groups excluding carboxylic acids is 1. The maximum atomic E-state index is 12.6. The highest BCUT2D eigenvalue weighted by Crippen LogP contribution is 2.36. The van der Waals surface area contributed by atoms with E-state index in [-0.39, 0.29) is 5.91 Å². The molecule has 9 heteroatoms. The van der Waals surface area contributed by atoms with Crippen LogP contribution in [0.25, 0.3) is 33.6 Å². The lowest BCUT2D eigenvalue weighted by molar-refractivity contribution is 0.0966. The van der Waals surface area contributed by atoms with E-state index in [1.165, 1.54) is 0 Å². The summed E-state index contributed by atoms with van der Waals surface area (Å²) in [5.41, 5.74) is 8.56. The van der Waals surface area contributed by atoms with Crippen molar-refractivity contribution in [2.45, 2.75) is 6.92 Å². The van der Waals surface area contributed by atoms with Crippen LogP contribution in [0.5, 0.6) is 0 Å². The number of hydrogen-bond donors (Lipinski definition) is 4. The second-order valence-electron chi connectivity index (χ2n) is 9.38. The minimum absolute atomic E-state index is 0.194. The minimum atomic E-state index is -0.194. The van der Waals surface area contributed by atoms with Gasteiger partial charge in [-0.2, -0.15) is 5.10 Å². The van der Waals surface area contributed by atoms with Gasteiger partial charge in [-0.25, -0.2) is 4.98 Å². The summed E-state index contributed by atoms with van der Waals surface area (Å²) in [7, 11) is 0. The van der Waals surface area contributed by atoms with Crippen LogP contribution in [0.15, 0.2) is 114 Å². The number of H-pyrrole nitrogens is 2. The van der Waals surface area contributed by atoms with Gasteiger partial charge in [-0.05, 0) is 67.8 Å². The number of pyridine rings is 2. The van der Waals surface area contributed by atoms with Crippen molar-refractivity contribution >= 4 is 40.6 Å². The first-order valence-electron chi connectivity index (χ1n) is 12.9. The third kappa shape index (κ3) is 5.24. The Balaban J connectivity index is 1.34. The normalized spacial score (nSPS) is 13.2. The van der Waals surface area contributed by atoms with E-state index >= 15 is 0 Å². The molecule has 0 saturated heterocycles. The zero-order valence-corrected chi connectivity index (χ0v) is 22.2. The fraction of sp³-hybridized carbons (Fsp3) is 0.0312. The SMILES string of the molecule is C=N/C=C(\C=C(/C)NC(=O)c1ccccc1)c1ccc2[nH]nc(-c3cc4c([nH]3)NC=CC=C4c3cccnc3)c2n1. The van der Waals surface area contributed by atoms with E-state index in [2.05, 4.69) is 54.7 Å². The number of aromatic amines is 2. The molecule has 1 aliphatic rings. The number of anilines is 1. The zero-order chi connectivity index (χ0) is 28.2. The Morgan fingerprint density at radius 2 is 1.98 bits per heavy atom. The number of aromatic nitrogens is 5. The molecule has 0 fully saturated rings. The summed E-state index contributed by atoms with van der Waals surface area (Å²) in [6.45, 7) is 5.44. The lowest BCUT2D eigenvalue weighted by Gasteiger charge is -2.07. The second-order valence-corrected chi connectivity index (χ2v) is 9.38. The van der Waals surface area contributed by atoms with Gasteiger partial charge >= 0.3 is 0 Å². The summed E-state index contributed by atoms with van der Waals surface area (Å²) in [5.74, 6) is 0.653. The van der Waals surface area contributed by atoms with Gasteiger partial charge in [0.1, 0.15) is 17.0 Å². The molecule has 0 bridgehead atoms. The number of fused-ring (bicyclic) bond motifs is 2. The summed E-state index contributed by atoms with van der Waals surface area (Å²) >= 11 is 0. The molecule has 200 valence electrons. The Bertz CT molecular complexity index is 1870. The molecule has 1 aromatic carbocycles. The fourth-order valence-corrected chi connectivity index (χ4v) is 4.68. The largest absolute Gasteiger partial charge is 0.348 e. The van der Waals surface area contributed by atoms with Gasteiger partial charge in [-0.15, -0.1) is 0 Å². The van der Waals surface area contributed by atoms with E-state index in [0.29, 0.717) is 33.7 Å². The van der Waals surface area contributed by atoms with E-state index in [0.717, 1.165) is 33.7 Å². The molecule has 4 aromatic heterocycles. The van der Waals surface area contributed by atoms with E-state index < -0.39 is 0 Å². The monoisotopic (exact) mass is 538 g/mol. The molecule has 41 heavy (non-hydrogen) atoms. The molecule has 0 unspecified atom stereocenters. The van der Waals surface area contributed by atoms with Crippen molar-refractivity contribution in [3.05, 3.63) is 132 Å². The Morgan fingerprint density at radius 1 is 1.10 bits per heavy atom. The highest BCUT2D eigenvalue weighted by Gasteiger charge is 2.19. The maximum Gasteiger partial charge on any atom is 0.255 e. The third-order valence-corrected chi connectivity index (χ3v) is 6.57. The van der Waals surface area contributed by atoms with Crippen LogP contribution >= 0.6 is 0 Å². The van der Waals surface area contributed by atoms with E-state index in [4.69, 9.17) is 4.98 Å². The van der Waals surface area contributed by atoms with Gasteiger partial charge in [0.05, 0.1) is 16.9 Å². The Labute approximate surface area is 236 Å². The highest BCUT2D eigenvalue weighted by atomic mass is 16.1. The predicted octanol–water partition coefficient (Wildman–Crippen LogP) is 6.09. The molecule has 1 amide bonds. The number of aliphatic imine (C=N–C) groups is 1. The molecule has 0 saturated carbocycles. The summed E-state index contributed by atoms with van der Waals surface area (Å²) in [6, 6.07) is 18.9. The number of carbonyl (C=O) groups is 1. The van der Waals surface area contributed by atoms with Gasteiger partial charge in [0.2, 0.25) is 0 Å². The Morgan fingerprint density at radius 3 is 2.78 bits per heavy atom. The number of benzene rings is 1. The number of amides is 1. The lowest BCUT2D eigenvalue weighted by Crippen LogP contribution is -2.21. The first-order valence-corrected chi connectivity index (χ1v) is 12.9. The van der Waals surface area contributed by atoms with E-state index in [1.54, 1.807) is 24.5 Å². The van der Waals surface area contributed by atoms with E-state index in [9.17, 15) is 4.79 Å². The van der Waals surface area contributed by atoms with Crippen LogP contribution in [0, 0.1) is 0 Å². The smallest absolute Gasteiger partial charge is 0.255 e. The predicted molar refractivity (Wildman–Crippen MR) is 163 cm³/mol. The number of nitrogens with one attached hydrogen (secondary N) is 4. The topological polar surface area (TPSA) is 124 Å². The molecule has 9 nitrogen and oxygen atoms in total. The number of allylic oxidation sites excluding steroid dienone is 5. The quantitative estimate of drug-likeness (QED) is 0.147. The van der Waals surface area contributed by atoms with Crippen LogP contribution in [0.1, 0.15) is 34.1 Å². The van der Waals surface area contributed by atoms with Gasteiger partial charge in [0, 0.05) is 52.8 Å². The highest BCUT2D eigenvalue weighted by molar-refractivity contribution is 5.96. The molecule has 4 N–H and O–H groups in total. The van der Waals surface area contributed by atoms with Crippen LogP contribution in [-0.2, 0) is 0 Å². The van der Waals surface area contributed by atoms with Crippen LogP contribution in [-0.4, -0.2) is 37.8 Å². The van der Waals surface area contributed by atoms with Crippen LogP contribution in [0.3, 0.4) is 0 Å². The fourth-order valence-electron chi connectivity index (χ4n) is 4.68.